The molecule has 264 valence electrons. The molecular formula is C54H38N2. The van der Waals surface area contributed by atoms with Crippen molar-refractivity contribution in [3.63, 3.8) is 0 Å². The van der Waals surface area contributed by atoms with Crippen LogP contribution < -0.4 is 0 Å². The van der Waals surface area contributed by atoms with E-state index in [1.165, 1.54) is 109 Å². The second-order valence-electron chi connectivity index (χ2n) is 16.4. The van der Waals surface area contributed by atoms with Crippen LogP contribution in [0.2, 0.25) is 0 Å². The highest BCUT2D eigenvalue weighted by Gasteiger charge is 2.26. The maximum absolute atomic E-state index is 5.64. The van der Waals surface area contributed by atoms with Crippen molar-refractivity contribution in [3.05, 3.63) is 157 Å². The SMILES string of the molecule is CC(C)c1cc(-c2c3ccccc3c3nc4ccc5c(-c6cc(C(C)C)cc7ccccc67)c6ccccc6c6nc7ccc2c3c7c4c56)c2ccccc2c1. The van der Waals surface area contributed by atoms with E-state index >= 15 is 0 Å². The first kappa shape index (κ1) is 31.7. The molecule has 0 fully saturated rings. The third kappa shape index (κ3) is 4.22. The first-order valence-electron chi connectivity index (χ1n) is 20.0. The standard InChI is InChI=1S/C54H38N2/c1-29(2)33-25-31-13-5-7-15-35(31)43(27-33)47-37-17-9-11-19-39(37)53-49-41(47)21-23-45-51(49)52-46(55-53)24-22-42-48(38-18-10-12-20-40(38)54(56-45)50(42)52)44-28-34(30(3)4)26-32-14-6-8-16-36(32)44/h5-30H,1-4H3. The van der Waals surface area contributed by atoms with Crippen molar-refractivity contribution in [1.82, 2.24) is 9.97 Å². The second kappa shape index (κ2) is 11.4. The Kier molecular flexibility index (Phi) is 6.47. The normalized spacial score (nSPS) is 12.6. The summed E-state index contributed by atoms with van der Waals surface area (Å²) in [4.78, 5) is 11.3. The van der Waals surface area contributed by atoms with Crippen LogP contribution in [0.25, 0.3) is 120 Å². The van der Waals surface area contributed by atoms with Crippen molar-refractivity contribution in [2.45, 2.75) is 39.5 Å². The molecule has 0 spiro atoms. The first-order chi connectivity index (χ1) is 27.4. The molecule has 2 aromatic heterocycles. The van der Waals surface area contributed by atoms with Gasteiger partial charge in [0.05, 0.1) is 22.1 Å². The molecule has 0 saturated heterocycles. The molecule has 0 aliphatic carbocycles. The molecule has 0 radical (unpaired) electrons. The van der Waals surface area contributed by atoms with E-state index in [4.69, 9.17) is 9.97 Å². The van der Waals surface area contributed by atoms with Crippen LogP contribution in [0.5, 0.6) is 0 Å². The van der Waals surface area contributed by atoms with Gasteiger partial charge in [-0.15, -0.1) is 0 Å². The van der Waals surface area contributed by atoms with Crippen LogP contribution in [-0.4, -0.2) is 9.97 Å². The number of benzene rings is 10. The molecule has 2 heterocycles. The summed E-state index contributed by atoms with van der Waals surface area (Å²) in [6.07, 6.45) is 0. The van der Waals surface area contributed by atoms with E-state index in [1.807, 2.05) is 0 Å². The van der Waals surface area contributed by atoms with Gasteiger partial charge in [0.2, 0.25) is 0 Å². The van der Waals surface area contributed by atoms with E-state index in [0.717, 1.165) is 22.1 Å². The summed E-state index contributed by atoms with van der Waals surface area (Å²) in [6, 6.07) is 54.3. The first-order valence-corrected chi connectivity index (χ1v) is 20.0. The van der Waals surface area contributed by atoms with Gasteiger partial charge < -0.3 is 0 Å². The fraction of sp³-hybridized carbons (Fsp3) is 0.111. The van der Waals surface area contributed by atoms with Gasteiger partial charge in [0.15, 0.2) is 0 Å². The molecule has 2 nitrogen and oxygen atoms in total. The van der Waals surface area contributed by atoms with Gasteiger partial charge in [-0.1, -0.05) is 161 Å². The molecule has 0 bridgehead atoms. The molecule has 0 saturated carbocycles. The number of nitrogens with zero attached hydrogens (tertiary/aromatic N) is 2. The van der Waals surface area contributed by atoms with E-state index in [0.29, 0.717) is 11.8 Å². The summed E-state index contributed by atoms with van der Waals surface area (Å²) in [6.45, 7) is 9.17. The summed E-state index contributed by atoms with van der Waals surface area (Å²) in [7, 11) is 0. The zero-order valence-corrected chi connectivity index (χ0v) is 31.9. The van der Waals surface area contributed by atoms with E-state index < -0.39 is 0 Å². The molecule has 0 aliphatic rings. The minimum absolute atomic E-state index is 0.398. The van der Waals surface area contributed by atoms with Crippen molar-refractivity contribution in [3.8, 4) is 22.3 Å². The summed E-state index contributed by atoms with van der Waals surface area (Å²) >= 11 is 0. The van der Waals surface area contributed by atoms with E-state index in [-0.39, 0.29) is 0 Å². The summed E-state index contributed by atoms with van der Waals surface area (Å²) in [5, 5.41) is 17.2. The van der Waals surface area contributed by atoms with Crippen LogP contribution in [0.3, 0.4) is 0 Å². The van der Waals surface area contributed by atoms with Gasteiger partial charge in [-0.25, -0.2) is 9.97 Å². The van der Waals surface area contributed by atoms with Gasteiger partial charge in [-0.05, 0) is 100 Å². The van der Waals surface area contributed by atoms with Gasteiger partial charge >= 0.3 is 0 Å². The molecule has 0 aliphatic heterocycles. The fourth-order valence-electron chi connectivity index (χ4n) is 9.96. The largest absolute Gasteiger partial charge is 0.247 e. The Hall–Kier alpha value is -6.64. The minimum atomic E-state index is 0.398. The highest BCUT2D eigenvalue weighted by atomic mass is 14.7. The molecule has 0 unspecified atom stereocenters. The smallest absolute Gasteiger partial charge is 0.0801 e. The molecule has 10 aromatic carbocycles. The lowest BCUT2D eigenvalue weighted by atomic mass is 9.82. The van der Waals surface area contributed by atoms with Crippen LogP contribution in [0.4, 0.5) is 0 Å². The monoisotopic (exact) mass is 714 g/mol. The number of hydrogen-bond donors (Lipinski definition) is 0. The lowest BCUT2D eigenvalue weighted by Gasteiger charge is -2.23. The van der Waals surface area contributed by atoms with Crippen LogP contribution in [0.15, 0.2) is 146 Å². The molecule has 0 atom stereocenters. The predicted molar refractivity (Wildman–Crippen MR) is 241 cm³/mol. The van der Waals surface area contributed by atoms with Gasteiger partial charge in [-0.3, -0.25) is 0 Å². The zero-order valence-electron chi connectivity index (χ0n) is 31.9. The Balaban J connectivity index is 1.30. The third-order valence-corrected chi connectivity index (χ3v) is 12.6. The highest BCUT2D eigenvalue weighted by molar-refractivity contribution is 6.41. The predicted octanol–water partition coefficient (Wildman–Crippen LogP) is 15.3. The molecule has 12 aromatic rings. The van der Waals surface area contributed by atoms with Gasteiger partial charge in [0.1, 0.15) is 0 Å². The lowest BCUT2D eigenvalue weighted by molar-refractivity contribution is 0.869. The van der Waals surface area contributed by atoms with Gasteiger partial charge in [-0.2, -0.15) is 0 Å². The minimum Gasteiger partial charge on any atom is -0.247 e. The molecule has 0 N–H and O–H groups in total. The molecule has 2 heteroatoms. The van der Waals surface area contributed by atoms with E-state index in [9.17, 15) is 0 Å². The zero-order chi connectivity index (χ0) is 37.4. The van der Waals surface area contributed by atoms with Crippen LogP contribution >= 0.6 is 0 Å². The molecular weight excluding hydrogens is 677 g/mol. The average molecular weight is 715 g/mol. The van der Waals surface area contributed by atoms with Crippen LogP contribution in [0.1, 0.15) is 50.7 Å². The molecule has 12 rings (SSSR count). The average Bonchev–Trinajstić information content (AvgIpc) is 3.23. The quantitative estimate of drug-likeness (QED) is 0.134. The highest BCUT2D eigenvalue weighted by Crippen LogP contribution is 2.51. The summed E-state index contributed by atoms with van der Waals surface area (Å²) < 4.78 is 0. The van der Waals surface area contributed by atoms with Crippen molar-refractivity contribution in [2.24, 2.45) is 0 Å². The second-order valence-corrected chi connectivity index (χ2v) is 16.4. The van der Waals surface area contributed by atoms with Crippen LogP contribution in [0, 0.1) is 0 Å². The van der Waals surface area contributed by atoms with E-state index in [1.54, 1.807) is 0 Å². The Morgan fingerprint density at radius 1 is 0.339 bits per heavy atom. The van der Waals surface area contributed by atoms with Gasteiger partial charge in [0, 0.05) is 32.3 Å². The lowest BCUT2D eigenvalue weighted by Crippen LogP contribution is -1.99. The number of rotatable bonds is 4. The summed E-state index contributed by atoms with van der Waals surface area (Å²) in [5.74, 6) is 0.796. The van der Waals surface area contributed by atoms with Gasteiger partial charge in [0.25, 0.3) is 0 Å². The molecule has 56 heavy (non-hydrogen) atoms. The third-order valence-electron chi connectivity index (χ3n) is 12.6. The fourth-order valence-corrected chi connectivity index (χ4v) is 9.96. The number of hydrogen-bond acceptors (Lipinski definition) is 2. The maximum atomic E-state index is 5.64. The summed E-state index contributed by atoms with van der Waals surface area (Å²) in [5.41, 5.74) is 11.9. The topological polar surface area (TPSA) is 25.8 Å². The van der Waals surface area contributed by atoms with Crippen molar-refractivity contribution in [2.75, 3.05) is 0 Å². The number of pyridine rings is 2. The number of aromatic nitrogens is 2. The van der Waals surface area contributed by atoms with Crippen LogP contribution in [-0.2, 0) is 0 Å². The Morgan fingerprint density at radius 2 is 0.714 bits per heavy atom. The molecule has 0 amide bonds. The number of fused-ring (bicyclic) bond motifs is 6. The van der Waals surface area contributed by atoms with Crippen molar-refractivity contribution >= 4 is 97.5 Å². The maximum Gasteiger partial charge on any atom is 0.0801 e. The van der Waals surface area contributed by atoms with E-state index in [2.05, 4.69) is 173 Å². The Morgan fingerprint density at radius 3 is 1.12 bits per heavy atom. The van der Waals surface area contributed by atoms with Crippen molar-refractivity contribution in [1.29, 1.82) is 0 Å². The Bertz CT molecular complexity index is 3350. The Labute approximate surface area is 324 Å². The van der Waals surface area contributed by atoms with Crippen molar-refractivity contribution < 1.29 is 0 Å².